The number of hydrogen-bond acceptors (Lipinski definition) is 10. The predicted octanol–water partition coefficient (Wildman–Crippen LogP) is 5.07. The summed E-state index contributed by atoms with van der Waals surface area (Å²) in [7, 11) is 0. The number of anilines is 3. The minimum atomic E-state index is -1.06. The molecule has 0 radical (unpaired) electrons. The molecule has 9 rings (SSSR count). The molecule has 0 saturated carbocycles. The number of nitrogens with zero attached hydrogens (tertiary/aromatic N) is 8. The molecule has 2 saturated heterocycles. The second kappa shape index (κ2) is 15.3. The molecule has 4 aliphatic rings. The number of piperidine rings is 1. The van der Waals surface area contributed by atoms with Gasteiger partial charge in [0.2, 0.25) is 5.91 Å². The zero-order valence-corrected chi connectivity index (χ0v) is 32.1. The van der Waals surface area contributed by atoms with E-state index in [-0.39, 0.29) is 35.3 Å². The molecule has 7 heterocycles. The highest BCUT2D eigenvalue weighted by molar-refractivity contribution is 7.13. The van der Waals surface area contributed by atoms with Crippen LogP contribution in [0.1, 0.15) is 64.1 Å². The number of aryl methyl sites for hydroxylation is 1. The number of aromatic nitrogens is 4. The van der Waals surface area contributed by atoms with Crippen LogP contribution in [-0.2, 0) is 29.1 Å². The SMILES string of the molecule is Nc1ccc(C2CCN(CC(=O)N3CCN(c4ccc(-c5cc(F)c6c(c5)C(=O)N(C(C(=O)Nc5nccs5)c5ncn7c5CCC7)C6)cn4)CC3)CC2)c(F)c1. The summed E-state index contributed by atoms with van der Waals surface area (Å²) < 4.78 is 32.3. The van der Waals surface area contributed by atoms with Crippen LogP contribution in [-0.4, -0.2) is 97.8 Å². The molecule has 4 aliphatic heterocycles. The Labute approximate surface area is 332 Å². The van der Waals surface area contributed by atoms with Gasteiger partial charge in [-0.25, -0.2) is 23.7 Å². The number of nitrogens with two attached hydrogens (primary N) is 1. The summed E-state index contributed by atoms with van der Waals surface area (Å²) in [6, 6.07) is 10.6. The minimum absolute atomic E-state index is 0.0710. The number of likely N-dealkylation sites (tertiary alicyclic amines) is 1. The van der Waals surface area contributed by atoms with Gasteiger partial charge in [0.15, 0.2) is 11.2 Å². The lowest BCUT2D eigenvalue weighted by atomic mass is 9.89. The Balaban J connectivity index is 0.828. The second-order valence-electron chi connectivity index (χ2n) is 15.1. The normalized spacial score (nSPS) is 17.9. The van der Waals surface area contributed by atoms with E-state index in [1.54, 1.807) is 42.3 Å². The first kappa shape index (κ1) is 36.9. The Kier molecular flexibility index (Phi) is 9.90. The van der Waals surface area contributed by atoms with Gasteiger partial charge in [-0.05, 0) is 92.2 Å². The van der Waals surface area contributed by atoms with Crippen LogP contribution in [0.25, 0.3) is 11.1 Å². The van der Waals surface area contributed by atoms with E-state index >= 15 is 4.39 Å². The number of halogens is 2. The molecule has 3 amide bonds. The fraction of sp³-hybridized carbons (Fsp3) is 0.366. The lowest BCUT2D eigenvalue weighted by molar-refractivity contribution is -0.133. The molecule has 5 aromatic rings. The largest absolute Gasteiger partial charge is 0.399 e. The third-order valence-corrected chi connectivity index (χ3v) is 12.4. The summed E-state index contributed by atoms with van der Waals surface area (Å²) in [5.41, 5.74) is 9.83. The fourth-order valence-corrected chi connectivity index (χ4v) is 9.19. The van der Waals surface area contributed by atoms with Crippen LogP contribution in [0.3, 0.4) is 0 Å². The van der Waals surface area contributed by atoms with Crippen molar-refractivity contribution in [3.63, 3.8) is 0 Å². The minimum Gasteiger partial charge on any atom is -0.399 e. The highest BCUT2D eigenvalue weighted by Gasteiger charge is 2.42. The molecule has 3 aromatic heterocycles. The van der Waals surface area contributed by atoms with E-state index in [0.717, 1.165) is 56.8 Å². The first-order chi connectivity index (χ1) is 27.7. The number of carbonyl (C=O) groups is 3. The monoisotopic (exact) mass is 792 g/mol. The molecule has 1 atom stereocenters. The van der Waals surface area contributed by atoms with Crippen molar-refractivity contribution in [1.29, 1.82) is 0 Å². The van der Waals surface area contributed by atoms with E-state index in [0.29, 0.717) is 65.9 Å². The maximum atomic E-state index is 15.9. The maximum Gasteiger partial charge on any atom is 0.255 e. The zero-order valence-electron chi connectivity index (χ0n) is 31.2. The molecule has 0 bridgehead atoms. The molecule has 0 spiro atoms. The van der Waals surface area contributed by atoms with E-state index < -0.39 is 23.7 Å². The number of carbonyl (C=O) groups excluding carboxylic acids is 3. The molecular weight excluding hydrogens is 751 g/mol. The average Bonchev–Trinajstić information content (AvgIpc) is 4.04. The number of nitrogens with one attached hydrogen (secondary N) is 1. The van der Waals surface area contributed by atoms with Crippen LogP contribution in [0.4, 0.5) is 25.4 Å². The van der Waals surface area contributed by atoms with E-state index in [1.807, 2.05) is 21.6 Å². The molecule has 3 N–H and O–H groups in total. The quantitative estimate of drug-likeness (QED) is 0.196. The van der Waals surface area contributed by atoms with Crippen molar-refractivity contribution in [2.45, 2.75) is 50.7 Å². The number of fused-ring (bicyclic) bond motifs is 2. The summed E-state index contributed by atoms with van der Waals surface area (Å²) >= 11 is 1.27. The third-order valence-electron chi connectivity index (χ3n) is 11.7. The Morgan fingerprint density at radius 3 is 2.49 bits per heavy atom. The average molecular weight is 793 g/mol. The Hall–Kier alpha value is -5.74. The molecule has 2 aromatic carbocycles. The van der Waals surface area contributed by atoms with Gasteiger partial charge in [0, 0.05) is 78.6 Å². The molecular formula is C41H42F2N10O3S. The van der Waals surface area contributed by atoms with E-state index in [4.69, 9.17) is 10.7 Å². The number of piperazine rings is 1. The van der Waals surface area contributed by atoms with Gasteiger partial charge < -0.3 is 25.0 Å². The van der Waals surface area contributed by atoms with Crippen molar-refractivity contribution in [1.82, 2.24) is 34.2 Å². The first-order valence-electron chi connectivity index (χ1n) is 19.3. The van der Waals surface area contributed by atoms with Crippen LogP contribution in [0.2, 0.25) is 0 Å². The maximum absolute atomic E-state index is 15.9. The predicted molar refractivity (Wildman–Crippen MR) is 212 cm³/mol. The van der Waals surface area contributed by atoms with Gasteiger partial charge in [-0.1, -0.05) is 6.07 Å². The standard InChI is InChI=1S/C41H42F2N10O3S/c42-32-19-27(18-30-31(32)22-53(40(30)56)38(39(55)48-41-45-9-17-57-41)37-34-2-1-10-52(34)24-47-37)26-3-6-35(46-21-26)50-13-15-51(16-14-50)36(54)23-49-11-7-25(8-12-49)29-5-4-28(44)20-33(29)43/h3-6,9,17-21,24-25,38H,1-2,7-8,10-16,22-23,44H2,(H,45,48,55). The topological polar surface area (TPSA) is 146 Å². The summed E-state index contributed by atoms with van der Waals surface area (Å²) in [5.74, 6) is -0.736. The van der Waals surface area contributed by atoms with Gasteiger partial charge in [-0.3, -0.25) is 24.6 Å². The van der Waals surface area contributed by atoms with Crippen molar-refractivity contribution in [2.24, 2.45) is 0 Å². The van der Waals surface area contributed by atoms with Gasteiger partial charge in [0.1, 0.15) is 17.5 Å². The lowest BCUT2D eigenvalue weighted by Crippen LogP contribution is -2.52. The molecule has 0 aliphatic carbocycles. The summed E-state index contributed by atoms with van der Waals surface area (Å²) in [6.45, 7) is 4.88. The number of benzene rings is 2. The second-order valence-corrected chi connectivity index (χ2v) is 16.0. The zero-order chi connectivity index (χ0) is 39.2. The fourth-order valence-electron chi connectivity index (χ4n) is 8.66. The summed E-state index contributed by atoms with van der Waals surface area (Å²) in [5, 5.41) is 4.98. The summed E-state index contributed by atoms with van der Waals surface area (Å²) in [6.07, 6.45) is 8.19. The molecule has 57 heavy (non-hydrogen) atoms. The Morgan fingerprint density at radius 2 is 1.75 bits per heavy atom. The first-order valence-corrected chi connectivity index (χ1v) is 20.2. The highest BCUT2D eigenvalue weighted by atomic mass is 32.1. The molecule has 2 fully saturated rings. The smallest absolute Gasteiger partial charge is 0.255 e. The van der Waals surface area contributed by atoms with Crippen LogP contribution in [0.15, 0.2) is 66.6 Å². The summed E-state index contributed by atoms with van der Waals surface area (Å²) in [4.78, 5) is 62.1. The third kappa shape index (κ3) is 7.23. The number of amides is 3. The molecule has 13 nitrogen and oxygen atoms in total. The lowest BCUT2D eigenvalue weighted by Gasteiger charge is -2.37. The van der Waals surface area contributed by atoms with Gasteiger partial charge in [-0.15, -0.1) is 11.3 Å². The number of pyridine rings is 1. The van der Waals surface area contributed by atoms with Crippen LogP contribution >= 0.6 is 11.3 Å². The van der Waals surface area contributed by atoms with Gasteiger partial charge in [0.25, 0.3) is 11.8 Å². The number of nitrogen functional groups attached to an aromatic ring is 1. The molecule has 1 unspecified atom stereocenters. The van der Waals surface area contributed by atoms with E-state index in [2.05, 4.69) is 25.1 Å². The van der Waals surface area contributed by atoms with E-state index in [1.165, 1.54) is 28.4 Å². The van der Waals surface area contributed by atoms with Gasteiger partial charge >= 0.3 is 0 Å². The van der Waals surface area contributed by atoms with Crippen molar-refractivity contribution in [2.75, 3.05) is 61.8 Å². The van der Waals surface area contributed by atoms with Gasteiger partial charge in [-0.2, -0.15) is 0 Å². The van der Waals surface area contributed by atoms with Crippen molar-refractivity contribution >= 4 is 45.7 Å². The Bertz CT molecular complexity index is 2320. The van der Waals surface area contributed by atoms with Crippen molar-refractivity contribution in [3.05, 3.63) is 106 Å². The Morgan fingerprint density at radius 1 is 0.930 bits per heavy atom. The van der Waals surface area contributed by atoms with Gasteiger partial charge in [0.05, 0.1) is 25.1 Å². The number of hydrogen-bond donors (Lipinski definition) is 2. The number of rotatable bonds is 9. The van der Waals surface area contributed by atoms with Crippen LogP contribution < -0.4 is 16.0 Å². The van der Waals surface area contributed by atoms with Crippen molar-refractivity contribution < 1.29 is 23.2 Å². The molecule has 16 heteroatoms. The van der Waals surface area contributed by atoms with Crippen LogP contribution in [0.5, 0.6) is 0 Å². The number of imidazole rings is 1. The van der Waals surface area contributed by atoms with Crippen LogP contribution in [0, 0.1) is 11.6 Å². The van der Waals surface area contributed by atoms with Crippen molar-refractivity contribution in [3.8, 4) is 11.1 Å². The highest BCUT2D eigenvalue weighted by Crippen LogP contribution is 2.38. The molecule has 294 valence electrons. The number of thiazole rings is 1. The van der Waals surface area contributed by atoms with E-state index in [9.17, 15) is 18.8 Å².